The summed E-state index contributed by atoms with van der Waals surface area (Å²) in [4.78, 5) is 0. The van der Waals surface area contributed by atoms with Crippen molar-refractivity contribution in [3.05, 3.63) is 144 Å². The molecule has 3 heteroatoms. The molecule has 0 heterocycles. The van der Waals surface area contributed by atoms with Gasteiger partial charge in [0.05, 0.1) is 0 Å². The molecule has 0 aliphatic heterocycles. The van der Waals surface area contributed by atoms with Crippen LogP contribution in [-0.4, -0.2) is 3.21 Å². The maximum absolute atomic E-state index is 2.37. The molecule has 1 aliphatic carbocycles. The molecule has 0 nitrogen and oxygen atoms in total. The van der Waals surface area contributed by atoms with Crippen LogP contribution in [0.25, 0.3) is 27.1 Å². The van der Waals surface area contributed by atoms with E-state index in [9.17, 15) is 0 Å². The third-order valence-electron chi connectivity index (χ3n) is 6.48. The molecule has 0 N–H and O–H groups in total. The first-order valence-corrected chi connectivity index (χ1v) is 13.1. The van der Waals surface area contributed by atoms with Crippen molar-refractivity contribution in [3.8, 4) is 0 Å². The first kappa shape index (κ1) is 28.1. The van der Waals surface area contributed by atoms with E-state index in [1.165, 1.54) is 76.8 Å². The maximum atomic E-state index is 2.37. The zero-order valence-corrected chi connectivity index (χ0v) is 24.4. The van der Waals surface area contributed by atoms with Gasteiger partial charge in [-0.25, -0.2) is 0 Å². The van der Waals surface area contributed by atoms with Crippen molar-refractivity contribution in [1.82, 2.24) is 0 Å². The van der Waals surface area contributed by atoms with Crippen LogP contribution in [-0.2, 0) is 24.2 Å². The third kappa shape index (κ3) is 6.09. The topological polar surface area (TPSA) is 0 Å². The summed E-state index contributed by atoms with van der Waals surface area (Å²) < 4.78 is 1.42. The minimum absolute atomic E-state index is 0. The summed E-state index contributed by atoms with van der Waals surface area (Å²) in [6.45, 7) is 2.22. The van der Waals surface area contributed by atoms with E-state index in [2.05, 4.69) is 128 Å². The summed E-state index contributed by atoms with van der Waals surface area (Å²) in [7, 11) is 0. The standard InChI is InChI=1S/C20H17.C13H10.2ClH.Zr/c1-2-14-10-11-16(12-14)18-8-5-9-19-17-7-4-3-6-15(17)13-20(18)19;1-3-7-12(8-4-1)11-13-9-5-2-6-10-13;;;/h3-10,12-13H,2,11H2,1H3;1-10H;2*1H;/q-1;;;;. The Kier molecular flexibility index (Phi) is 10.3. The summed E-state index contributed by atoms with van der Waals surface area (Å²) in [6.07, 6.45) is 6.93. The average molecular weight is 588 g/mol. The van der Waals surface area contributed by atoms with E-state index in [1.807, 2.05) is 0 Å². The van der Waals surface area contributed by atoms with Crippen molar-refractivity contribution < 1.29 is 24.2 Å². The first-order chi connectivity index (χ1) is 16.7. The second-order valence-electron chi connectivity index (χ2n) is 8.61. The fraction of sp³-hybridized carbons (Fsp3) is 0.0909. The number of hydrogen-bond acceptors (Lipinski definition) is 0. The summed E-state index contributed by atoms with van der Waals surface area (Å²) in [5.41, 5.74) is 6.99. The number of benzene rings is 4. The van der Waals surface area contributed by atoms with Gasteiger partial charge in [-0.2, -0.15) is 0 Å². The van der Waals surface area contributed by atoms with Crippen LogP contribution < -0.4 is 0 Å². The second kappa shape index (κ2) is 13.2. The van der Waals surface area contributed by atoms with Gasteiger partial charge >= 0.3 is 99.2 Å². The quantitative estimate of drug-likeness (QED) is 0.184. The molecular weight excluding hydrogens is 558 g/mol. The van der Waals surface area contributed by atoms with Gasteiger partial charge in [-0.05, 0) is 12.8 Å². The third-order valence-corrected chi connectivity index (χ3v) is 7.90. The van der Waals surface area contributed by atoms with Crippen molar-refractivity contribution >= 4 is 55.1 Å². The molecule has 0 unspecified atom stereocenters. The molecule has 1 aliphatic rings. The fourth-order valence-corrected chi connectivity index (χ4v) is 5.47. The summed E-state index contributed by atoms with van der Waals surface area (Å²) in [5.74, 6) is 0. The Morgan fingerprint density at radius 2 is 1.31 bits per heavy atom. The van der Waals surface area contributed by atoms with Gasteiger partial charge in [-0.15, -0.1) is 58.5 Å². The Morgan fingerprint density at radius 3 is 1.92 bits per heavy atom. The van der Waals surface area contributed by atoms with Gasteiger partial charge in [-0.1, -0.05) is 72.2 Å². The summed E-state index contributed by atoms with van der Waals surface area (Å²) >= 11 is 1.46. The van der Waals surface area contributed by atoms with E-state index in [-0.39, 0.29) is 24.8 Å². The van der Waals surface area contributed by atoms with E-state index in [1.54, 1.807) is 0 Å². The molecule has 0 amide bonds. The molecule has 5 aromatic carbocycles. The van der Waals surface area contributed by atoms with Crippen molar-refractivity contribution in [1.29, 1.82) is 0 Å². The number of halogens is 2. The van der Waals surface area contributed by atoms with Crippen LogP contribution in [0, 0.1) is 0 Å². The van der Waals surface area contributed by atoms with Crippen molar-refractivity contribution in [3.63, 3.8) is 0 Å². The van der Waals surface area contributed by atoms with Gasteiger partial charge < -0.3 is 0 Å². The number of fused-ring (bicyclic) bond motifs is 3. The Morgan fingerprint density at radius 1 is 0.722 bits per heavy atom. The Hall–Kier alpha value is -2.44. The number of rotatable bonds is 4. The average Bonchev–Trinajstić information content (AvgIpc) is 3.54. The van der Waals surface area contributed by atoms with Crippen LogP contribution in [0.5, 0.6) is 0 Å². The van der Waals surface area contributed by atoms with Crippen LogP contribution in [0.4, 0.5) is 0 Å². The molecule has 5 aromatic rings. The molecule has 6 rings (SSSR count). The zero-order chi connectivity index (χ0) is 23.3. The molecule has 0 radical (unpaired) electrons. The predicted octanol–water partition coefficient (Wildman–Crippen LogP) is 9.48. The van der Waals surface area contributed by atoms with Gasteiger partial charge in [0.1, 0.15) is 0 Å². The molecule has 0 spiro atoms. The fourth-order valence-electron chi connectivity index (χ4n) is 4.65. The molecule has 0 saturated carbocycles. The molecule has 0 bridgehead atoms. The summed E-state index contributed by atoms with van der Waals surface area (Å²) in [6, 6.07) is 38.8. The zero-order valence-electron chi connectivity index (χ0n) is 20.3. The first-order valence-electron chi connectivity index (χ1n) is 11.9. The molecule has 0 fully saturated rings. The molecule has 36 heavy (non-hydrogen) atoms. The number of hydrogen-bond donors (Lipinski definition) is 0. The SMILES string of the molecule is CCC1=CCC(c2cccc3c2[cH-]c2ccccc23)=C1.Cl.Cl.[Zr]=[C](c1ccccc1)c1ccccc1. The van der Waals surface area contributed by atoms with Crippen molar-refractivity contribution in [2.75, 3.05) is 0 Å². The molecule has 180 valence electrons. The Bertz CT molecular complexity index is 1470. The van der Waals surface area contributed by atoms with Crippen LogP contribution >= 0.6 is 24.8 Å². The van der Waals surface area contributed by atoms with Crippen molar-refractivity contribution in [2.24, 2.45) is 0 Å². The van der Waals surface area contributed by atoms with Gasteiger partial charge in [0.25, 0.3) is 0 Å². The predicted molar refractivity (Wildman–Crippen MR) is 159 cm³/mol. The van der Waals surface area contributed by atoms with Crippen LogP contribution in [0.2, 0.25) is 0 Å². The van der Waals surface area contributed by atoms with Gasteiger partial charge in [0.2, 0.25) is 0 Å². The molecular formula is C33H29Cl2Zr-. The minimum atomic E-state index is 0. The van der Waals surface area contributed by atoms with Crippen LogP contribution in [0.1, 0.15) is 36.5 Å². The van der Waals surface area contributed by atoms with E-state index in [4.69, 9.17) is 0 Å². The molecule has 0 saturated heterocycles. The molecule has 0 atom stereocenters. The van der Waals surface area contributed by atoms with Crippen molar-refractivity contribution in [2.45, 2.75) is 19.8 Å². The number of allylic oxidation sites excluding steroid dienone is 4. The normalized spacial score (nSPS) is 12.0. The van der Waals surface area contributed by atoms with Crippen LogP contribution in [0.3, 0.4) is 0 Å². The van der Waals surface area contributed by atoms with Crippen LogP contribution in [0.15, 0.2) is 127 Å². The van der Waals surface area contributed by atoms with E-state index in [0.717, 1.165) is 12.8 Å². The van der Waals surface area contributed by atoms with Gasteiger partial charge in [0, 0.05) is 0 Å². The van der Waals surface area contributed by atoms with E-state index < -0.39 is 0 Å². The Balaban J connectivity index is 0.000000201. The monoisotopic (exact) mass is 585 g/mol. The Labute approximate surface area is 241 Å². The second-order valence-corrected chi connectivity index (χ2v) is 9.84. The van der Waals surface area contributed by atoms with E-state index in [0.29, 0.717) is 0 Å². The summed E-state index contributed by atoms with van der Waals surface area (Å²) in [5, 5.41) is 5.48. The van der Waals surface area contributed by atoms with E-state index >= 15 is 0 Å². The van der Waals surface area contributed by atoms with Gasteiger partial charge in [-0.3, -0.25) is 0 Å². The van der Waals surface area contributed by atoms with Gasteiger partial charge in [0.15, 0.2) is 0 Å². The molecule has 0 aromatic heterocycles.